The van der Waals surface area contributed by atoms with Gasteiger partial charge in [0, 0.05) is 23.8 Å². The summed E-state index contributed by atoms with van der Waals surface area (Å²) in [5.74, 6) is 0.727. The quantitative estimate of drug-likeness (QED) is 0.825. The Hall–Kier alpha value is -1.87. The van der Waals surface area contributed by atoms with Crippen molar-refractivity contribution in [2.75, 3.05) is 24.3 Å². The van der Waals surface area contributed by atoms with E-state index >= 15 is 0 Å². The first kappa shape index (κ1) is 15.5. The zero-order valence-electron chi connectivity index (χ0n) is 12.6. The molecule has 0 saturated carbocycles. The molecule has 0 heterocycles. The molecule has 4 heteroatoms. The van der Waals surface area contributed by atoms with Crippen LogP contribution in [0.15, 0.2) is 42.5 Å². The van der Waals surface area contributed by atoms with Gasteiger partial charge in [-0.15, -0.1) is 0 Å². The summed E-state index contributed by atoms with van der Waals surface area (Å²) in [6.45, 7) is 4.70. The van der Waals surface area contributed by atoms with Gasteiger partial charge in [-0.25, -0.2) is 0 Å². The Morgan fingerprint density at radius 1 is 1.19 bits per heavy atom. The summed E-state index contributed by atoms with van der Waals surface area (Å²) in [4.78, 5) is 2.19. The van der Waals surface area contributed by atoms with Crippen molar-refractivity contribution < 1.29 is 4.74 Å². The SMILES string of the molecule is CCOc1cc(N(C)C(C)c2ccc(Cl)cc2)ccc1N. The predicted molar refractivity (Wildman–Crippen MR) is 90.3 cm³/mol. The minimum absolute atomic E-state index is 0.223. The van der Waals surface area contributed by atoms with E-state index in [0.29, 0.717) is 12.3 Å². The van der Waals surface area contributed by atoms with E-state index < -0.39 is 0 Å². The number of nitrogens with two attached hydrogens (primary N) is 1. The number of hydrogen-bond acceptors (Lipinski definition) is 3. The van der Waals surface area contributed by atoms with Crippen molar-refractivity contribution in [3.63, 3.8) is 0 Å². The molecule has 0 aliphatic carbocycles. The molecule has 1 atom stereocenters. The summed E-state index contributed by atoms with van der Waals surface area (Å²) in [6, 6.07) is 14.0. The van der Waals surface area contributed by atoms with Crippen LogP contribution in [0.2, 0.25) is 5.02 Å². The van der Waals surface area contributed by atoms with Gasteiger partial charge in [-0.2, -0.15) is 0 Å². The average Bonchev–Trinajstić information content (AvgIpc) is 2.49. The van der Waals surface area contributed by atoms with Crippen molar-refractivity contribution >= 4 is 23.0 Å². The second-order valence-corrected chi connectivity index (χ2v) is 5.43. The third-order valence-corrected chi connectivity index (χ3v) is 3.89. The molecule has 0 aliphatic heterocycles. The molecule has 2 aromatic rings. The van der Waals surface area contributed by atoms with Crippen LogP contribution in [0.4, 0.5) is 11.4 Å². The van der Waals surface area contributed by atoms with Crippen molar-refractivity contribution in [3.05, 3.63) is 53.1 Å². The van der Waals surface area contributed by atoms with Gasteiger partial charge in [0.15, 0.2) is 0 Å². The van der Waals surface area contributed by atoms with Crippen LogP contribution in [0, 0.1) is 0 Å². The van der Waals surface area contributed by atoms with Crippen molar-refractivity contribution in [3.8, 4) is 5.75 Å². The van der Waals surface area contributed by atoms with E-state index in [0.717, 1.165) is 16.5 Å². The van der Waals surface area contributed by atoms with Gasteiger partial charge in [0.05, 0.1) is 18.3 Å². The Labute approximate surface area is 131 Å². The Balaban J connectivity index is 2.24. The normalized spacial score (nSPS) is 12.0. The van der Waals surface area contributed by atoms with E-state index in [2.05, 4.69) is 18.9 Å². The van der Waals surface area contributed by atoms with Gasteiger partial charge in [-0.05, 0) is 43.7 Å². The molecule has 0 amide bonds. The first-order valence-corrected chi connectivity index (χ1v) is 7.41. The molecule has 0 saturated heterocycles. The van der Waals surface area contributed by atoms with Gasteiger partial charge in [-0.1, -0.05) is 23.7 Å². The first-order chi connectivity index (χ1) is 10.0. The van der Waals surface area contributed by atoms with E-state index in [-0.39, 0.29) is 6.04 Å². The highest BCUT2D eigenvalue weighted by Crippen LogP contribution is 2.31. The van der Waals surface area contributed by atoms with Crippen LogP contribution in [-0.2, 0) is 0 Å². The number of nitrogen functional groups attached to an aromatic ring is 1. The lowest BCUT2D eigenvalue weighted by Gasteiger charge is -2.28. The number of ether oxygens (including phenoxy) is 1. The second-order valence-electron chi connectivity index (χ2n) is 4.99. The van der Waals surface area contributed by atoms with Crippen LogP contribution in [0.25, 0.3) is 0 Å². The molecule has 0 fully saturated rings. The predicted octanol–water partition coefficient (Wildman–Crippen LogP) is 4.52. The monoisotopic (exact) mass is 304 g/mol. The molecule has 2 N–H and O–H groups in total. The van der Waals surface area contributed by atoms with E-state index in [1.807, 2.05) is 49.4 Å². The van der Waals surface area contributed by atoms with Crippen molar-refractivity contribution in [2.24, 2.45) is 0 Å². The van der Waals surface area contributed by atoms with E-state index in [1.54, 1.807) is 0 Å². The zero-order valence-corrected chi connectivity index (χ0v) is 13.4. The third-order valence-electron chi connectivity index (χ3n) is 3.64. The fourth-order valence-corrected chi connectivity index (χ4v) is 2.34. The van der Waals surface area contributed by atoms with Gasteiger partial charge in [0.25, 0.3) is 0 Å². The Bertz CT molecular complexity index is 598. The van der Waals surface area contributed by atoms with E-state index in [4.69, 9.17) is 22.1 Å². The fourth-order valence-electron chi connectivity index (χ4n) is 2.21. The molecule has 2 rings (SSSR count). The second kappa shape index (κ2) is 6.72. The zero-order chi connectivity index (χ0) is 15.4. The highest BCUT2D eigenvalue weighted by molar-refractivity contribution is 6.30. The number of rotatable bonds is 5. The lowest BCUT2D eigenvalue weighted by molar-refractivity contribution is 0.342. The standard InChI is InChI=1S/C17H21ClN2O/c1-4-21-17-11-15(9-10-16(17)19)20(3)12(2)13-5-7-14(18)8-6-13/h5-12H,4,19H2,1-3H3. The highest BCUT2D eigenvalue weighted by Gasteiger charge is 2.14. The number of halogens is 1. The molecule has 0 bridgehead atoms. The van der Waals surface area contributed by atoms with Crippen molar-refractivity contribution in [1.82, 2.24) is 0 Å². The van der Waals surface area contributed by atoms with E-state index in [1.165, 1.54) is 5.56 Å². The maximum absolute atomic E-state index is 5.94. The summed E-state index contributed by atoms with van der Waals surface area (Å²) in [7, 11) is 2.06. The van der Waals surface area contributed by atoms with Crippen LogP contribution in [0.3, 0.4) is 0 Å². The summed E-state index contributed by atoms with van der Waals surface area (Å²) in [5.41, 5.74) is 8.85. The lowest BCUT2D eigenvalue weighted by Crippen LogP contribution is -2.21. The number of nitrogens with zero attached hydrogens (tertiary/aromatic N) is 1. The largest absolute Gasteiger partial charge is 0.492 e. The maximum Gasteiger partial charge on any atom is 0.144 e. The van der Waals surface area contributed by atoms with Crippen LogP contribution < -0.4 is 15.4 Å². The third kappa shape index (κ3) is 3.61. The van der Waals surface area contributed by atoms with Gasteiger partial charge in [0.2, 0.25) is 0 Å². The molecule has 0 radical (unpaired) electrons. The lowest BCUT2D eigenvalue weighted by atomic mass is 10.1. The summed E-state index contributed by atoms with van der Waals surface area (Å²) >= 11 is 5.94. The number of hydrogen-bond donors (Lipinski definition) is 1. The fraction of sp³-hybridized carbons (Fsp3) is 0.294. The molecule has 0 spiro atoms. The molecule has 112 valence electrons. The molecule has 21 heavy (non-hydrogen) atoms. The Kier molecular flexibility index (Phi) is 4.97. The average molecular weight is 305 g/mol. The molecule has 0 aliphatic rings. The van der Waals surface area contributed by atoms with E-state index in [9.17, 15) is 0 Å². The minimum Gasteiger partial charge on any atom is -0.492 e. The van der Waals surface area contributed by atoms with Crippen LogP contribution in [-0.4, -0.2) is 13.7 Å². The molecule has 0 aromatic heterocycles. The van der Waals surface area contributed by atoms with Crippen LogP contribution in [0.5, 0.6) is 5.75 Å². The highest BCUT2D eigenvalue weighted by atomic mass is 35.5. The van der Waals surface area contributed by atoms with Gasteiger partial charge in [-0.3, -0.25) is 0 Å². The smallest absolute Gasteiger partial charge is 0.144 e. The van der Waals surface area contributed by atoms with Crippen molar-refractivity contribution in [1.29, 1.82) is 0 Å². The summed E-state index contributed by atoms with van der Waals surface area (Å²) in [5, 5.41) is 0.750. The Morgan fingerprint density at radius 2 is 1.86 bits per heavy atom. The first-order valence-electron chi connectivity index (χ1n) is 7.03. The minimum atomic E-state index is 0.223. The molecular formula is C17H21ClN2O. The van der Waals surface area contributed by atoms with Crippen LogP contribution >= 0.6 is 11.6 Å². The van der Waals surface area contributed by atoms with Crippen molar-refractivity contribution in [2.45, 2.75) is 19.9 Å². The molecular weight excluding hydrogens is 284 g/mol. The topological polar surface area (TPSA) is 38.5 Å². The summed E-state index contributed by atoms with van der Waals surface area (Å²) in [6.07, 6.45) is 0. The molecule has 3 nitrogen and oxygen atoms in total. The van der Waals surface area contributed by atoms with Gasteiger partial charge in [0.1, 0.15) is 5.75 Å². The summed E-state index contributed by atoms with van der Waals surface area (Å²) < 4.78 is 5.56. The van der Waals surface area contributed by atoms with Gasteiger partial charge < -0.3 is 15.4 Å². The number of benzene rings is 2. The van der Waals surface area contributed by atoms with Crippen LogP contribution in [0.1, 0.15) is 25.5 Å². The maximum atomic E-state index is 5.94. The van der Waals surface area contributed by atoms with Gasteiger partial charge >= 0.3 is 0 Å². The number of anilines is 2. The molecule has 2 aromatic carbocycles. The molecule has 1 unspecified atom stereocenters. The Morgan fingerprint density at radius 3 is 2.48 bits per heavy atom.